The van der Waals surface area contributed by atoms with Crippen molar-refractivity contribution < 1.29 is 9.59 Å². The van der Waals surface area contributed by atoms with Crippen LogP contribution in [0.4, 0.5) is 0 Å². The Morgan fingerprint density at radius 1 is 1.00 bits per heavy atom. The van der Waals surface area contributed by atoms with Crippen LogP contribution in [0.3, 0.4) is 0 Å². The van der Waals surface area contributed by atoms with E-state index in [-0.39, 0.29) is 11.3 Å². The number of nitrogens with one attached hydrogen (secondary N) is 2. The fraction of sp³-hybridized carbons (Fsp3) is 0.0714. The van der Waals surface area contributed by atoms with E-state index in [9.17, 15) is 9.59 Å². The van der Waals surface area contributed by atoms with Crippen molar-refractivity contribution in [3.05, 3.63) is 64.4 Å². The Bertz CT molecular complexity index is 658. The summed E-state index contributed by atoms with van der Waals surface area (Å²) in [5.41, 5.74) is 5.81. The number of rotatable bonds is 2. The molecule has 0 aliphatic carbocycles. The van der Waals surface area contributed by atoms with E-state index in [0.29, 0.717) is 5.02 Å². The molecule has 0 fully saturated rings. The molecule has 2 N–H and O–H groups in total. The number of hydrazine groups is 1. The molecule has 6 heteroatoms. The molecule has 0 radical (unpaired) electrons. The lowest BCUT2D eigenvalue weighted by molar-refractivity contribution is 0.0844. The maximum Gasteiger partial charge on any atom is 0.288 e. The first kappa shape index (κ1) is 14.0. The van der Waals surface area contributed by atoms with Crippen LogP contribution in [0.15, 0.2) is 42.5 Å². The van der Waals surface area contributed by atoms with Gasteiger partial charge in [-0.1, -0.05) is 29.8 Å². The van der Waals surface area contributed by atoms with Crippen molar-refractivity contribution >= 4 is 23.4 Å². The molecule has 1 aromatic heterocycles. The van der Waals surface area contributed by atoms with Gasteiger partial charge in [0, 0.05) is 5.69 Å². The zero-order chi connectivity index (χ0) is 14.5. The standard InChI is InChI=1S/C14H12ClN3O2/c1-9-5-4-8-12(16-9)14(20)18-17-13(19)10-6-2-3-7-11(10)15/h2-8H,1H3,(H,17,19)(H,18,20). The van der Waals surface area contributed by atoms with Gasteiger partial charge in [-0.2, -0.15) is 0 Å². The van der Waals surface area contributed by atoms with E-state index in [0.717, 1.165) is 5.69 Å². The van der Waals surface area contributed by atoms with Crippen molar-refractivity contribution in [1.29, 1.82) is 0 Å². The van der Waals surface area contributed by atoms with E-state index in [4.69, 9.17) is 11.6 Å². The molecule has 1 aromatic carbocycles. The van der Waals surface area contributed by atoms with Crippen LogP contribution in [0.5, 0.6) is 0 Å². The quantitative estimate of drug-likeness (QED) is 0.832. The van der Waals surface area contributed by atoms with Crippen LogP contribution < -0.4 is 10.9 Å². The Hall–Kier alpha value is -2.40. The zero-order valence-electron chi connectivity index (χ0n) is 10.7. The highest BCUT2D eigenvalue weighted by molar-refractivity contribution is 6.33. The van der Waals surface area contributed by atoms with E-state index in [1.807, 2.05) is 0 Å². The van der Waals surface area contributed by atoms with Gasteiger partial charge in [0.05, 0.1) is 10.6 Å². The third-order valence-electron chi connectivity index (χ3n) is 2.53. The third-order valence-corrected chi connectivity index (χ3v) is 2.86. The van der Waals surface area contributed by atoms with Crippen molar-refractivity contribution in [2.45, 2.75) is 6.92 Å². The number of aromatic nitrogens is 1. The largest absolute Gasteiger partial charge is 0.288 e. The van der Waals surface area contributed by atoms with Crippen LogP contribution in [0, 0.1) is 6.92 Å². The number of aryl methyl sites for hydroxylation is 1. The van der Waals surface area contributed by atoms with Crippen molar-refractivity contribution in [3.63, 3.8) is 0 Å². The van der Waals surface area contributed by atoms with Gasteiger partial charge in [-0.05, 0) is 31.2 Å². The Balaban J connectivity index is 2.01. The Kier molecular flexibility index (Phi) is 4.32. The van der Waals surface area contributed by atoms with E-state index in [1.165, 1.54) is 0 Å². The van der Waals surface area contributed by atoms with Gasteiger partial charge in [0.2, 0.25) is 0 Å². The summed E-state index contributed by atoms with van der Waals surface area (Å²) >= 11 is 5.89. The highest BCUT2D eigenvalue weighted by atomic mass is 35.5. The predicted octanol–water partition coefficient (Wildman–Crippen LogP) is 2.12. The fourth-order valence-corrected chi connectivity index (χ4v) is 1.78. The molecule has 0 spiro atoms. The number of carbonyl (C=O) groups is 2. The van der Waals surface area contributed by atoms with Crippen molar-refractivity contribution in [3.8, 4) is 0 Å². The van der Waals surface area contributed by atoms with Crippen LogP contribution in [0.25, 0.3) is 0 Å². The van der Waals surface area contributed by atoms with Crippen molar-refractivity contribution in [1.82, 2.24) is 15.8 Å². The molecule has 0 bridgehead atoms. The highest BCUT2D eigenvalue weighted by Gasteiger charge is 2.12. The summed E-state index contributed by atoms with van der Waals surface area (Å²) in [7, 11) is 0. The van der Waals surface area contributed by atoms with Crippen LogP contribution in [-0.4, -0.2) is 16.8 Å². The lowest BCUT2D eigenvalue weighted by Crippen LogP contribution is -2.42. The normalized spacial score (nSPS) is 9.90. The molecule has 5 nitrogen and oxygen atoms in total. The van der Waals surface area contributed by atoms with Crippen LogP contribution in [0.1, 0.15) is 26.5 Å². The molecule has 0 saturated carbocycles. The minimum Gasteiger partial charge on any atom is -0.267 e. The number of hydrogen-bond acceptors (Lipinski definition) is 3. The van der Waals surface area contributed by atoms with Crippen LogP contribution in [0.2, 0.25) is 5.02 Å². The maximum absolute atomic E-state index is 11.8. The predicted molar refractivity (Wildman–Crippen MR) is 75.4 cm³/mol. The monoisotopic (exact) mass is 289 g/mol. The average molecular weight is 290 g/mol. The lowest BCUT2D eigenvalue weighted by Gasteiger charge is -2.08. The van der Waals surface area contributed by atoms with Crippen molar-refractivity contribution in [2.75, 3.05) is 0 Å². The van der Waals surface area contributed by atoms with E-state index in [1.54, 1.807) is 49.4 Å². The highest BCUT2D eigenvalue weighted by Crippen LogP contribution is 2.14. The van der Waals surface area contributed by atoms with Gasteiger partial charge in [0.1, 0.15) is 5.69 Å². The lowest BCUT2D eigenvalue weighted by atomic mass is 10.2. The van der Waals surface area contributed by atoms with Crippen LogP contribution in [-0.2, 0) is 0 Å². The average Bonchev–Trinajstić information content (AvgIpc) is 2.45. The molecule has 2 amide bonds. The molecule has 0 saturated heterocycles. The molecule has 102 valence electrons. The summed E-state index contributed by atoms with van der Waals surface area (Å²) in [5.74, 6) is -0.981. The smallest absolute Gasteiger partial charge is 0.267 e. The second-order valence-corrected chi connectivity index (χ2v) is 4.46. The molecule has 2 rings (SSSR count). The van der Waals surface area contributed by atoms with Crippen LogP contribution >= 0.6 is 11.6 Å². The number of pyridine rings is 1. The first-order valence-corrected chi connectivity index (χ1v) is 6.24. The molecule has 0 aliphatic heterocycles. The van der Waals surface area contributed by atoms with Gasteiger partial charge in [0.25, 0.3) is 11.8 Å². The molecule has 20 heavy (non-hydrogen) atoms. The Morgan fingerprint density at radius 2 is 1.70 bits per heavy atom. The van der Waals surface area contributed by atoms with Gasteiger partial charge < -0.3 is 0 Å². The number of nitrogens with zero attached hydrogens (tertiary/aromatic N) is 1. The van der Waals surface area contributed by atoms with Gasteiger partial charge in [-0.15, -0.1) is 0 Å². The summed E-state index contributed by atoms with van der Waals surface area (Å²) in [5, 5.41) is 0.313. The molecular formula is C14H12ClN3O2. The zero-order valence-corrected chi connectivity index (χ0v) is 11.4. The number of amides is 2. The first-order chi connectivity index (χ1) is 9.58. The van der Waals surface area contributed by atoms with E-state index >= 15 is 0 Å². The van der Waals surface area contributed by atoms with Gasteiger partial charge >= 0.3 is 0 Å². The fourth-order valence-electron chi connectivity index (χ4n) is 1.56. The summed E-state index contributed by atoms with van der Waals surface area (Å²) < 4.78 is 0. The SMILES string of the molecule is Cc1cccc(C(=O)NNC(=O)c2ccccc2Cl)n1. The van der Waals surface area contributed by atoms with Gasteiger partial charge in [-0.3, -0.25) is 20.4 Å². The van der Waals surface area contributed by atoms with Gasteiger partial charge in [-0.25, -0.2) is 4.98 Å². The second kappa shape index (κ2) is 6.16. The summed E-state index contributed by atoms with van der Waals surface area (Å²) in [6.45, 7) is 1.78. The van der Waals surface area contributed by atoms with E-state index < -0.39 is 11.8 Å². The number of hydrogen-bond donors (Lipinski definition) is 2. The number of carbonyl (C=O) groups excluding carboxylic acids is 2. The molecule has 2 aromatic rings. The number of halogens is 1. The van der Waals surface area contributed by atoms with Gasteiger partial charge in [0.15, 0.2) is 0 Å². The first-order valence-electron chi connectivity index (χ1n) is 5.87. The van der Waals surface area contributed by atoms with E-state index in [2.05, 4.69) is 15.8 Å². The summed E-state index contributed by atoms with van der Waals surface area (Å²) in [6.07, 6.45) is 0. The molecule has 0 unspecified atom stereocenters. The molecule has 0 atom stereocenters. The maximum atomic E-state index is 11.8. The summed E-state index contributed by atoms with van der Waals surface area (Å²) in [6, 6.07) is 11.6. The minimum atomic E-state index is -0.492. The molecule has 0 aliphatic rings. The minimum absolute atomic E-state index is 0.226. The topological polar surface area (TPSA) is 71.1 Å². The molecule has 1 heterocycles. The Labute approximate surface area is 120 Å². The summed E-state index contributed by atoms with van der Waals surface area (Å²) in [4.78, 5) is 27.7. The Morgan fingerprint density at radius 3 is 2.40 bits per heavy atom. The second-order valence-electron chi connectivity index (χ2n) is 4.05. The third kappa shape index (κ3) is 3.33. The number of benzene rings is 1. The molecular weight excluding hydrogens is 278 g/mol. The van der Waals surface area contributed by atoms with Crippen molar-refractivity contribution in [2.24, 2.45) is 0 Å².